The van der Waals surface area contributed by atoms with Crippen molar-refractivity contribution in [3.05, 3.63) is 24.8 Å². The Labute approximate surface area is 205 Å². The Balaban J connectivity index is 2.05. The number of aldehydes is 1. The number of nitrogens with zero attached hydrogens (tertiary/aromatic N) is 1. The Hall–Kier alpha value is -1.97. The third-order valence-electron chi connectivity index (χ3n) is 4.72. The molecule has 10 nitrogen and oxygen atoms in total. The highest BCUT2D eigenvalue weighted by Crippen LogP contribution is 2.27. The van der Waals surface area contributed by atoms with Crippen LogP contribution in [0, 0.1) is 7.14 Å². The van der Waals surface area contributed by atoms with Crippen molar-refractivity contribution in [1.82, 2.24) is 15.5 Å². The lowest BCUT2D eigenvalue weighted by Gasteiger charge is -2.27. The molecule has 1 aliphatic heterocycles. The van der Waals surface area contributed by atoms with Crippen molar-refractivity contribution in [1.29, 1.82) is 0 Å². The lowest BCUT2D eigenvalue weighted by atomic mass is 10.1. The first kappa shape index (κ1) is 25.3. The van der Waals surface area contributed by atoms with E-state index in [1.54, 1.807) is 0 Å². The number of carboxylic acid groups (broad SMARTS) is 1. The molecule has 2 unspecified atom stereocenters. The molecule has 0 saturated carbocycles. The molecule has 0 bridgehead atoms. The van der Waals surface area contributed by atoms with Crippen LogP contribution in [0.3, 0.4) is 0 Å². The maximum Gasteiger partial charge on any atom is 0.305 e. The van der Waals surface area contributed by atoms with Crippen LogP contribution in [0.4, 0.5) is 0 Å². The normalized spacial score (nSPS) is 17.5. The summed E-state index contributed by atoms with van der Waals surface area (Å²) >= 11 is 3.80. The minimum Gasteiger partial charge on any atom is -0.506 e. The maximum absolute atomic E-state index is 12.9. The van der Waals surface area contributed by atoms with Crippen LogP contribution < -0.4 is 10.6 Å². The fourth-order valence-electron chi connectivity index (χ4n) is 3.19. The molecule has 1 heterocycles. The summed E-state index contributed by atoms with van der Waals surface area (Å²) in [5.41, 5.74) is 0.282. The number of phenols is 1. The minimum atomic E-state index is -1.23. The van der Waals surface area contributed by atoms with Gasteiger partial charge in [0.1, 0.15) is 24.1 Å². The van der Waals surface area contributed by atoms with E-state index < -0.39 is 48.2 Å². The van der Waals surface area contributed by atoms with Crippen LogP contribution in [0.1, 0.15) is 36.5 Å². The van der Waals surface area contributed by atoms with Gasteiger partial charge in [0.2, 0.25) is 11.8 Å². The zero-order chi connectivity index (χ0) is 23.3. The van der Waals surface area contributed by atoms with E-state index in [9.17, 15) is 29.1 Å². The molecular weight excluding hydrogens is 636 g/mol. The molecule has 3 amide bonds. The van der Waals surface area contributed by atoms with Gasteiger partial charge in [0.15, 0.2) is 0 Å². The second kappa shape index (κ2) is 11.1. The van der Waals surface area contributed by atoms with E-state index in [4.69, 9.17) is 5.11 Å². The summed E-state index contributed by atoms with van der Waals surface area (Å²) in [6, 6.07) is 0.0425. The number of hydrogen-bond donors (Lipinski definition) is 4. The molecule has 1 aromatic rings. The smallest absolute Gasteiger partial charge is 0.305 e. The topological polar surface area (TPSA) is 153 Å². The van der Waals surface area contributed by atoms with Crippen LogP contribution in [0.25, 0.3) is 0 Å². The first-order chi connectivity index (χ1) is 14.5. The Bertz CT molecular complexity index is 885. The summed E-state index contributed by atoms with van der Waals surface area (Å²) < 4.78 is 0.993. The summed E-state index contributed by atoms with van der Waals surface area (Å²) in [7, 11) is 0. The summed E-state index contributed by atoms with van der Waals surface area (Å²) in [5.74, 6) is -2.73. The number of aliphatic carboxylic acids is 1. The number of halogens is 2. The van der Waals surface area contributed by atoms with Gasteiger partial charge in [0.05, 0.1) is 19.6 Å². The number of hydrogen-bond acceptors (Lipinski definition) is 6. The van der Waals surface area contributed by atoms with Crippen molar-refractivity contribution in [2.75, 3.05) is 6.54 Å². The van der Waals surface area contributed by atoms with Gasteiger partial charge in [-0.15, -0.1) is 0 Å². The average molecular weight is 657 g/mol. The summed E-state index contributed by atoms with van der Waals surface area (Å²) in [6.45, 7) is 1.80. The molecule has 0 spiro atoms. The van der Waals surface area contributed by atoms with Gasteiger partial charge in [0, 0.05) is 12.1 Å². The van der Waals surface area contributed by atoms with Crippen molar-refractivity contribution in [2.45, 2.75) is 44.3 Å². The molecule has 31 heavy (non-hydrogen) atoms. The second-order valence-electron chi connectivity index (χ2n) is 7.02. The van der Waals surface area contributed by atoms with Crippen LogP contribution >= 0.6 is 45.2 Å². The molecule has 0 aliphatic carbocycles. The number of phenolic OH excluding ortho intramolecular Hbond substituents is 1. The zero-order valence-corrected chi connectivity index (χ0v) is 20.7. The van der Waals surface area contributed by atoms with Crippen LogP contribution in [0.5, 0.6) is 5.75 Å². The van der Waals surface area contributed by atoms with Crippen molar-refractivity contribution >= 4 is 75.2 Å². The minimum absolute atomic E-state index is 0.0734. The molecule has 2 rings (SSSR count). The highest BCUT2D eigenvalue weighted by molar-refractivity contribution is 14.1. The first-order valence-electron chi connectivity index (χ1n) is 9.32. The predicted molar refractivity (Wildman–Crippen MR) is 125 cm³/mol. The Morgan fingerprint density at radius 1 is 1.23 bits per heavy atom. The average Bonchev–Trinajstić information content (AvgIpc) is 3.19. The van der Waals surface area contributed by atoms with Gasteiger partial charge >= 0.3 is 5.97 Å². The summed E-state index contributed by atoms with van der Waals surface area (Å²) in [5, 5.41) is 23.6. The highest BCUT2D eigenvalue weighted by Gasteiger charge is 2.37. The summed E-state index contributed by atoms with van der Waals surface area (Å²) in [4.78, 5) is 61.1. The quantitative estimate of drug-likeness (QED) is 0.239. The molecule has 1 aromatic carbocycles. The monoisotopic (exact) mass is 657 g/mol. The van der Waals surface area contributed by atoms with E-state index in [-0.39, 0.29) is 11.3 Å². The molecule has 12 heteroatoms. The molecular formula is C19H21I2N3O7. The van der Waals surface area contributed by atoms with Crippen molar-refractivity contribution in [3.8, 4) is 5.75 Å². The Morgan fingerprint density at radius 3 is 2.39 bits per heavy atom. The molecule has 1 saturated heterocycles. The van der Waals surface area contributed by atoms with Gasteiger partial charge in [-0.3, -0.25) is 19.2 Å². The molecule has 1 aliphatic rings. The van der Waals surface area contributed by atoms with E-state index in [2.05, 4.69) is 10.6 Å². The fourth-order valence-corrected chi connectivity index (χ4v) is 4.96. The standard InChI is InChI=1S/C19H21I2N3O7/c1-9(22-17(29)10-5-12(20)16(28)13(21)6-10)19(31)24-4-2-3-14(24)18(30)23-11(8-25)7-15(26)27/h5-6,8-9,11,14,28H,2-4,7H2,1H3,(H,22,29)(H,23,30)(H,26,27)/t9?,11?,14-/m0/s1. The largest absolute Gasteiger partial charge is 0.506 e. The number of likely N-dealkylation sites (tertiary alicyclic amines) is 1. The fraction of sp³-hybridized carbons (Fsp3) is 0.421. The second-order valence-corrected chi connectivity index (χ2v) is 9.35. The van der Waals surface area contributed by atoms with Gasteiger partial charge in [-0.2, -0.15) is 0 Å². The van der Waals surface area contributed by atoms with Crippen LogP contribution in [-0.2, 0) is 19.2 Å². The SMILES string of the molecule is CC(NC(=O)c1cc(I)c(O)c(I)c1)C(=O)N1CCC[C@H]1C(=O)NC(C=O)CC(=O)O. The lowest BCUT2D eigenvalue weighted by Crippen LogP contribution is -2.54. The van der Waals surface area contributed by atoms with Gasteiger partial charge in [-0.1, -0.05) is 0 Å². The number of carbonyl (C=O) groups is 5. The first-order valence-corrected chi connectivity index (χ1v) is 11.5. The number of carboxylic acids is 1. The lowest BCUT2D eigenvalue weighted by molar-refractivity contribution is -0.141. The van der Waals surface area contributed by atoms with Crippen molar-refractivity contribution in [2.24, 2.45) is 0 Å². The Morgan fingerprint density at radius 2 is 1.84 bits per heavy atom. The number of amides is 3. The van der Waals surface area contributed by atoms with Crippen LogP contribution in [0.2, 0.25) is 0 Å². The van der Waals surface area contributed by atoms with E-state index >= 15 is 0 Å². The number of nitrogens with one attached hydrogen (secondary N) is 2. The van der Waals surface area contributed by atoms with Crippen molar-refractivity contribution in [3.63, 3.8) is 0 Å². The Kier molecular flexibility index (Phi) is 9.02. The van der Waals surface area contributed by atoms with E-state index in [1.165, 1.54) is 24.0 Å². The molecule has 3 atom stereocenters. The van der Waals surface area contributed by atoms with Gasteiger partial charge in [-0.25, -0.2) is 0 Å². The number of aromatic hydroxyl groups is 1. The number of rotatable bonds is 8. The molecule has 0 radical (unpaired) electrons. The van der Waals surface area contributed by atoms with Crippen LogP contribution in [0.15, 0.2) is 12.1 Å². The highest BCUT2D eigenvalue weighted by atomic mass is 127. The van der Waals surface area contributed by atoms with Crippen LogP contribution in [-0.4, -0.2) is 69.8 Å². The zero-order valence-electron chi connectivity index (χ0n) is 16.4. The number of benzene rings is 1. The molecule has 168 valence electrons. The van der Waals surface area contributed by atoms with Gasteiger partial charge in [0.25, 0.3) is 5.91 Å². The third-order valence-corrected chi connectivity index (χ3v) is 6.37. The van der Waals surface area contributed by atoms with Crippen molar-refractivity contribution < 1.29 is 34.2 Å². The molecule has 0 aromatic heterocycles. The molecule has 1 fully saturated rings. The predicted octanol–water partition coefficient (Wildman–Crippen LogP) is 0.869. The third kappa shape index (κ3) is 6.51. The molecule has 4 N–H and O–H groups in total. The van der Waals surface area contributed by atoms with E-state index in [1.807, 2.05) is 45.2 Å². The van der Waals surface area contributed by atoms with E-state index in [0.29, 0.717) is 32.8 Å². The van der Waals surface area contributed by atoms with E-state index in [0.717, 1.165) is 0 Å². The van der Waals surface area contributed by atoms with Gasteiger partial charge < -0.3 is 30.5 Å². The summed E-state index contributed by atoms with van der Waals surface area (Å²) in [6.07, 6.45) is 0.720. The van der Waals surface area contributed by atoms with Gasteiger partial charge in [-0.05, 0) is 77.1 Å². The maximum atomic E-state index is 12.9. The number of carbonyl (C=O) groups excluding carboxylic acids is 4.